The molecule has 2 N–H and O–H groups in total. The fourth-order valence-corrected chi connectivity index (χ4v) is 2.84. The molecule has 1 saturated heterocycles. The normalized spacial score (nSPS) is 15.6. The zero-order valence-electron chi connectivity index (χ0n) is 15.1. The van der Waals surface area contributed by atoms with Crippen molar-refractivity contribution in [1.29, 1.82) is 0 Å². The van der Waals surface area contributed by atoms with Crippen LogP contribution in [0.1, 0.15) is 25.3 Å². The SMILES string of the molecule is C=CCc1ccc(OCC(=O)NCC2(C)CCNCC2)c(OC)c1.Cl. The molecule has 0 bridgehead atoms. The van der Waals surface area contributed by atoms with Gasteiger partial charge in [-0.05, 0) is 55.5 Å². The van der Waals surface area contributed by atoms with E-state index in [0.29, 0.717) is 18.0 Å². The van der Waals surface area contributed by atoms with Crippen LogP contribution in [0.4, 0.5) is 0 Å². The number of benzene rings is 1. The molecule has 0 saturated carbocycles. The van der Waals surface area contributed by atoms with Crippen LogP contribution in [0.25, 0.3) is 0 Å². The van der Waals surface area contributed by atoms with Crippen LogP contribution in [-0.2, 0) is 11.2 Å². The second-order valence-electron chi connectivity index (χ2n) is 6.60. The van der Waals surface area contributed by atoms with Gasteiger partial charge in [0.2, 0.25) is 0 Å². The van der Waals surface area contributed by atoms with E-state index in [2.05, 4.69) is 24.1 Å². The summed E-state index contributed by atoms with van der Waals surface area (Å²) in [6.45, 7) is 8.65. The number of hydrogen-bond donors (Lipinski definition) is 2. The maximum Gasteiger partial charge on any atom is 0.257 e. The lowest BCUT2D eigenvalue weighted by molar-refractivity contribution is -0.123. The van der Waals surface area contributed by atoms with Crippen LogP contribution >= 0.6 is 12.4 Å². The first kappa shape index (κ1) is 21.3. The third-order valence-corrected chi connectivity index (χ3v) is 4.49. The smallest absolute Gasteiger partial charge is 0.257 e. The number of nitrogens with one attached hydrogen (secondary N) is 2. The van der Waals surface area contributed by atoms with Gasteiger partial charge in [0.05, 0.1) is 7.11 Å². The van der Waals surface area contributed by atoms with Crippen molar-refractivity contribution in [2.45, 2.75) is 26.2 Å². The van der Waals surface area contributed by atoms with Crippen LogP contribution in [0.3, 0.4) is 0 Å². The molecule has 140 valence electrons. The second-order valence-corrected chi connectivity index (χ2v) is 6.60. The zero-order valence-corrected chi connectivity index (χ0v) is 15.9. The summed E-state index contributed by atoms with van der Waals surface area (Å²) in [5.41, 5.74) is 1.27. The van der Waals surface area contributed by atoms with Gasteiger partial charge in [-0.15, -0.1) is 19.0 Å². The van der Waals surface area contributed by atoms with Crippen LogP contribution < -0.4 is 20.1 Å². The van der Waals surface area contributed by atoms with E-state index in [4.69, 9.17) is 9.47 Å². The molecule has 1 amide bonds. The maximum absolute atomic E-state index is 12.1. The number of amides is 1. The van der Waals surface area contributed by atoms with Crippen molar-refractivity contribution < 1.29 is 14.3 Å². The van der Waals surface area contributed by atoms with Crippen molar-refractivity contribution in [2.24, 2.45) is 5.41 Å². The van der Waals surface area contributed by atoms with Crippen molar-refractivity contribution in [2.75, 3.05) is 33.4 Å². The lowest BCUT2D eigenvalue weighted by Crippen LogP contribution is -2.43. The molecule has 0 radical (unpaired) electrons. The Balaban J connectivity index is 0.00000312. The third kappa shape index (κ3) is 6.59. The summed E-state index contributed by atoms with van der Waals surface area (Å²) < 4.78 is 11.0. The Morgan fingerprint density at radius 2 is 2.08 bits per heavy atom. The van der Waals surface area contributed by atoms with E-state index in [1.165, 1.54) is 0 Å². The lowest BCUT2D eigenvalue weighted by atomic mass is 9.81. The Morgan fingerprint density at radius 3 is 2.72 bits per heavy atom. The molecule has 1 fully saturated rings. The van der Waals surface area contributed by atoms with Crippen molar-refractivity contribution >= 4 is 18.3 Å². The third-order valence-electron chi connectivity index (χ3n) is 4.49. The summed E-state index contributed by atoms with van der Waals surface area (Å²) >= 11 is 0. The van der Waals surface area contributed by atoms with Crippen molar-refractivity contribution in [3.8, 4) is 11.5 Å². The standard InChI is InChI=1S/C19H28N2O3.ClH/c1-4-5-15-6-7-16(17(12-15)23-3)24-13-18(22)21-14-19(2)8-10-20-11-9-19;/h4,6-7,12,20H,1,5,8-11,13-14H2,2-3H3,(H,21,22);1H. The Hall–Kier alpha value is -1.72. The first-order valence-corrected chi connectivity index (χ1v) is 8.44. The fraction of sp³-hybridized carbons (Fsp3) is 0.526. The molecule has 1 heterocycles. The fourth-order valence-electron chi connectivity index (χ4n) is 2.84. The van der Waals surface area contributed by atoms with Crippen molar-refractivity contribution in [3.63, 3.8) is 0 Å². The Morgan fingerprint density at radius 1 is 1.36 bits per heavy atom. The minimum Gasteiger partial charge on any atom is -0.493 e. The number of hydrogen-bond acceptors (Lipinski definition) is 4. The van der Waals surface area contributed by atoms with Crippen LogP contribution in [0.15, 0.2) is 30.9 Å². The van der Waals surface area contributed by atoms with Crippen LogP contribution in [-0.4, -0.2) is 39.3 Å². The van der Waals surface area contributed by atoms with Gasteiger partial charge in [-0.1, -0.05) is 19.1 Å². The Labute approximate surface area is 156 Å². The molecule has 6 heteroatoms. The zero-order chi connectivity index (χ0) is 17.4. The van der Waals surface area contributed by atoms with E-state index < -0.39 is 0 Å². The topological polar surface area (TPSA) is 59.6 Å². The molecule has 25 heavy (non-hydrogen) atoms. The predicted octanol–water partition coefficient (Wildman–Crippen LogP) is 2.73. The highest BCUT2D eigenvalue weighted by molar-refractivity contribution is 5.85. The van der Waals surface area contributed by atoms with E-state index >= 15 is 0 Å². The number of allylic oxidation sites excluding steroid dienone is 1. The minimum atomic E-state index is -0.105. The maximum atomic E-state index is 12.1. The number of carbonyl (C=O) groups excluding carboxylic acids is 1. The summed E-state index contributed by atoms with van der Waals surface area (Å²) in [7, 11) is 1.60. The highest BCUT2D eigenvalue weighted by Crippen LogP contribution is 2.29. The molecule has 2 rings (SSSR count). The van der Waals surface area contributed by atoms with Crippen molar-refractivity contribution in [3.05, 3.63) is 36.4 Å². The number of piperidine rings is 1. The van der Waals surface area contributed by atoms with Gasteiger partial charge in [-0.3, -0.25) is 4.79 Å². The molecule has 0 aromatic heterocycles. The van der Waals surface area contributed by atoms with Gasteiger partial charge in [0.1, 0.15) is 0 Å². The first-order chi connectivity index (χ1) is 11.6. The number of carbonyl (C=O) groups is 1. The summed E-state index contributed by atoms with van der Waals surface area (Å²) in [4.78, 5) is 12.1. The molecule has 0 unspecified atom stereocenters. The molecule has 1 aromatic rings. The van der Waals surface area contributed by atoms with E-state index in [0.717, 1.165) is 37.9 Å². The molecule has 1 aliphatic heterocycles. The summed E-state index contributed by atoms with van der Waals surface area (Å²) in [5, 5.41) is 6.33. The number of rotatable bonds is 8. The van der Waals surface area contributed by atoms with Gasteiger partial charge < -0.3 is 20.1 Å². The van der Waals surface area contributed by atoms with Crippen LogP contribution in [0.2, 0.25) is 0 Å². The van der Waals surface area contributed by atoms with Crippen LogP contribution in [0.5, 0.6) is 11.5 Å². The first-order valence-electron chi connectivity index (χ1n) is 8.44. The van der Waals surface area contributed by atoms with Gasteiger partial charge in [-0.25, -0.2) is 0 Å². The van der Waals surface area contributed by atoms with Gasteiger partial charge in [0.25, 0.3) is 5.91 Å². The highest BCUT2D eigenvalue weighted by Gasteiger charge is 2.27. The Kier molecular flexibility index (Phi) is 8.79. The molecular formula is C19H29ClN2O3. The molecule has 0 atom stereocenters. The molecule has 1 aliphatic rings. The molecule has 1 aromatic carbocycles. The number of methoxy groups -OCH3 is 1. The van der Waals surface area contributed by atoms with E-state index in [1.54, 1.807) is 7.11 Å². The molecule has 0 aliphatic carbocycles. The van der Waals surface area contributed by atoms with Gasteiger partial charge >= 0.3 is 0 Å². The summed E-state index contributed by atoms with van der Waals surface area (Å²) in [6.07, 6.45) is 4.76. The predicted molar refractivity (Wildman–Crippen MR) is 103 cm³/mol. The Bertz CT molecular complexity index is 572. The van der Waals surface area contributed by atoms with E-state index in [1.807, 2.05) is 24.3 Å². The van der Waals surface area contributed by atoms with Crippen molar-refractivity contribution in [1.82, 2.24) is 10.6 Å². The average Bonchev–Trinajstić information content (AvgIpc) is 2.59. The summed E-state index contributed by atoms with van der Waals surface area (Å²) in [6, 6.07) is 5.69. The monoisotopic (exact) mass is 368 g/mol. The quantitative estimate of drug-likeness (QED) is 0.693. The average molecular weight is 369 g/mol. The largest absolute Gasteiger partial charge is 0.493 e. The van der Waals surface area contributed by atoms with E-state index in [9.17, 15) is 4.79 Å². The van der Waals surface area contributed by atoms with Crippen LogP contribution in [0, 0.1) is 5.41 Å². The second kappa shape index (κ2) is 10.3. The highest BCUT2D eigenvalue weighted by atomic mass is 35.5. The number of ether oxygens (including phenoxy) is 2. The van der Waals surface area contributed by atoms with Gasteiger partial charge in [-0.2, -0.15) is 0 Å². The molecular weight excluding hydrogens is 340 g/mol. The van der Waals surface area contributed by atoms with Gasteiger partial charge in [0.15, 0.2) is 18.1 Å². The molecule has 5 nitrogen and oxygen atoms in total. The lowest BCUT2D eigenvalue weighted by Gasteiger charge is -2.34. The summed E-state index contributed by atoms with van der Waals surface area (Å²) in [5.74, 6) is 1.10. The van der Waals surface area contributed by atoms with Gasteiger partial charge in [0, 0.05) is 6.54 Å². The number of halogens is 1. The van der Waals surface area contributed by atoms with E-state index in [-0.39, 0.29) is 30.3 Å². The molecule has 0 spiro atoms. The minimum absolute atomic E-state index is 0.